The fraction of sp³-hybridized carbons (Fsp3) is 0.364. The number of nitrogen functional groups attached to an aromatic ring is 1. The van der Waals surface area contributed by atoms with E-state index in [1.54, 1.807) is 28.9 Å². The molecule has 1 aromatic carbocycles. The van der Waals surface area contributed by atoms with E-state index in [4.69, 9.17) is 10.7 Å². The lowest BCUT2D eigenvalue weighted by Crippen LogP contribution is -2.31. The molecular weight excluding hydrogens is 397 g/mol. The van der Waals surface area contributed by atoms with Crippen LogP contribution in [0.25, 0.3) is 11.3 Å². The van der Waals surface area contributed by atoms with Gasteiger partial charge in [-0.2, -0.15) is 5.10 Å². The second kappa shape index (κ2) is 7.04. The standard InChI is InChI=1S/C22H24FN7O/c1-12-19-16-10-25-20(24)21(26-16)30-8-4-5-18(30)15-9-13(23)6-7-14(15)22(31)28(2)11-17(19)27-29(12)3/h6-7,9-10,18H,4-5,8,11H2,1-3H3,(H2,24,25)/t18-/m1/s1. The summed E-state index contributed by atoms with van der Waals surface area (Å²) in [5, 5.41) is 4.63. The number of halogens is 1. The highest BCUT2D eigenvalue weighted by Crippen LogP contribution is 2.40. The molecular formula is C22H24FN7O. The largest absolute Gasteiger partial charge is 0.381 e. The maximum Gasteiger partial charge on any atom is 0.254 e. The van der Waals surface area contributed by atoms with Crippen LogP contribution in [0.1, 0.15) is 46.2 Å². The molecule has 1 amide bonds. The van der Waals surface area contributed by atoms with E-state index in [1.807, 2.05) is 18.9 Å². The van der Waals surface area contributed by atoms with Gasteiger partial charge in [0.1, 0.15) is 5.82 Å². The molecule has 2 N–H and O–H groups in total. The number of nitrogens with two attached hydrogens (primary N) is 1. The Morgan fingerprint density at radius 2 is 2.06 bits per heavy atom. The first kappa shape index (κ1) is 19.5. The van der Waals surface area contributed by atoms with Gasteiger partial charge in [0.05, 0.1) is 30.2 Å². The molecule has 0 aliphatic carbocycles. The summed E-state index contributed by atoms with van der Waals surface area (Å²) in [6.07, 6.45) is 3.31. The number of benzene rings is 1. The van der Waals surface area contributed by atoms with E-state index in [-0.39, 0.29) is 17.8 Å². The summed E-state index contributed by atoms with van der Waals surface area (Å²) in [5.41, 5.74) is 10.6. The van der Waals surface area contributed by atoms with E-state index in [1.165, 1.54) is 12.1 Å². The van der Waals surface area contributed by atoms with Crippen molar-refractivity contribution in [1.29, 1.82) is 0 Å². The summed E-state index contributed by atoms with van der Waals surface area (Å²) in [6, 6.07) is 4.16. The Balaban J connectivity index is 1.79. The van der Waals surface area contributed by atoms with Crippen molar-refractivity contribution in [1.82, 2.24) is 24.6 Å². The number of carbonyl (C=O) groups is 1. The van der Waals surface area contributed by atoms with E-state index in [9.17, 15) is 9.18 Å². The molecule has 0 spiro atoms. The number of aryl methyl sites for hydroxylation is 1. The molecule has 2 aliphatic heterocycles. The van der Waals surface area contributed by atoms with Crippen LogP contribution < -0.4 is 10.6 Å². The van der Waals surface area contributed by atoms with Gasteiger partial charge in [0.25, 0.3) is 5.91 Å². The second-order valence-corrected chi connectivity index (χ2v) is 8.24. The van der Waals surface area contributed by atoms with Crippen LogP contribution >= 0.6 is 0 Å². The van der Waals surface area contributed by atoms with Gasteiger partial charge in [0.2, 0.25) is 0 Å². The van der Waals surface area contributed by atoms with E-state index in [0.29, 0.717) is 41.5 Å². The fourth-order valence-corrected chi connectivity index (χ4v) is 4.69. The topological polar surface area (TPSA) is 93.2 Å². The minimum atomic E-state index is -0.372. The number of carbonyl (C=O) groups excluding carboxylic acids is 1. The summed E-state index contributed by atoms with van der Waals surface area (Å²) in [5.74, 6) is 0.339. The molecule has 2 aromatic heterocycles. The van der Waals surface area contributed by atoms with E-state index in [2.05, 4.69) is 10.1 Å². The van der Waals surface area contributed by atoms with Gasteiger partial charge in [0, 0.05) is 37.5 Å². The fourth-order valence-electron chi connectivity index (χ4n) is 4.69. The predicted molar refractivity (Wildman–Crippen MR) is 115 cm³/mol. The van der Waals surface area contributed by atoms with Crippen molar-refractivity contribution in [3.05, 3.63) is 52.7 Å². The molecule has 8 nitrogen and oxygen atoms in total. The molecule has 2 bridgehead atoms. The van der Waals surface area contributed by atoms with E-state index < -0.39 is 0 Å². The lowest BCUT2D eigenvalue weighted by molar-refractivity contribution is 0.0781. The number of aromatic nitrogens is 4. The minimum absolute atomic E-state index is 0.167. The number of amides is 1. The van der Waals surface area contributed by atoms with Gasteiger partial charge in [-0.15, -0.1) is 0 Å². The van der Waals surface area contributed by atoms with Crippen LogP contribution in [0, 0.1) is 12.7 Å². The number of anilines is 2. The highest BCUT2D eigenvalue weighted by atomic mass is 19.1. The van der Waals surface area contributed by atoms with Crippen molar-refractivity contribution in [2.24, 2.45) is 7.05 Å². The van der Waals surface area contributed by atoms with Crippen molar-refractivity contribution in [2.45, 2.75) is 32.4 Å². The van der Waals surface area contributed by atoms with Crippen LogP contribution in [0.15, 0.2) is 24.4 Å². The SMILES string of the molecule is Cc1c2c(nn1C)CN(C)C(=O)c1ccc(F)cc1[C@H]1CCCN1c1nc-2cnc1N. The van der Waals surface area contributed by atoms with Crippen molar-refractivity contribution >= 4 is 17.5 Å². The molecule has 1 saturated heterocycles. The molecule has 0 radical (unpaired) electrons. The third-order valence-electron chi connectivity index (χ3n) is 6.31. The number of nitrogens with zero attached hydrogens (tertiary/aromatic N) is 6. The van der Waals surface area contributed by atoms with Gasteiger partial charge < -0.3 is 15.5 Å². The third kappa shape index (κ3) is 3.03. The summed E-state index contributed by atoms with van der Waals surface area (Å²) in [7, 11) is 3.60. The normalized spacial score (nSPS) is 18.2. The molecule has 4 heterocycles. The zero-order valence-corrected chi connectivity index (χ0v) is 17.8. The van der Waals surface area contributed by atoms with Gasteiger partial charge >= 0.3 is 0 Å². The molecule has 9 heteroatoms. The monoisotopic (exact) mass is 421 g/mol. The van der Waals surface area contributed by atoms with Crippen molar-refractivity contribution in [3.8, 4) is 11.3 Å². The van der Waals surface area contributed by atoms with Crippen molar-refractivity contribution in [3.63, 3.8) is 0 Å². The van der Waals surface area contributed by atoms with Crippen LogP contribution in [0.5, 0.6) is 0 Å². The number of rotatable bonds is 0. The van der Waals surface area contributed by atoms with Crippen LogP contribution in [-0.2, 0) is 13.6 Å². The van der Waals surface area contributed by atoms with E-state index >= 15 is 0 Å². The molecule has 1 atom stereocenters. The summed E-state index contributed by atoms with van der Waals surface area (Å²) < 4.78 is 16.0. The van der Waals surface area contributed by atoms with Gasteiger partial charge in [-0.25, -0.2) is 14.4 Å². The van der Waals surface area contributed by atoms with Crippen LogP contribution in [-0.4, -0.2) is 44.1 Å². The molecule has 1 fully saturated rings. The maximum absolute atomic E-state index is 14.3. The zero-order chi connectivity index (χ0) is 21.9. The molecule has 0 unspecified atom stereocenters. The molecule has 5 rings (SSSR count). The first-order valence-corrected chi connectivity index (χ1v) is 10.3. The summed E-state index contributed by atoms with van der Waals surface area (Å²) in [4.78, 5) is 26.4. The average molecular weight is 421 g/mol. The van der Waals surface area contributed by atoms with Crippen LogP contribution in [0.3, 0.4) is 0 Å². The highest BCUT2D eigenvalue weighted by molar-refractivity contribution is 5.96. The van der Waals surface area contributed by atoms with E-state index in [0.717, 1.165) is 29.8 Å². The number of hydrogen-bond acceptors (Lipinski definition) is 6. The Labute approximate surface area is 179 Å². The highest BCUT2D eigenvalue weighted by Gasteiger charge is 2.34. The zero-order valence-electron chi connectivity index (χ0n) is 17.8. The minimum Gasteiger partial charge on any atom is -0.381 e. The Morgan fingerprint density at radius 3 is 2.87 bits per heavy atom. The van der Waals surface area contributed by atoms with Crippen molar-refractivity contribution in [2.75, 3.05) is 24.2 Å². The quantitative estimate of drug-likeness (QED) is 0.600. The summed E-state index contributed by atoms with van der Waals surface area (Å²) >= 11 is 0. The maximum atomic E-state index is 14.3. The molecule has 0 saturated carbocycles. The van der Waals surface area contributed by atoms with Crippen molar-refractivity contribution < 1.29 is 9.18 Å². The van der Waals surface area contributed by atoms with Gasteiger partial charge in [-0.1, -0.05) is 0 Å². The van der Waals surface area contributed by atoms with Crippen LogP contribution in [0.4, 0.5) is 16.0 Å². The first-order chi connectivity index (χ1) is 14.8. The molecule has 160 valence electrons. The first-order valence-electron chi connectivity index (χ1n) is 10.3. The Morgan fingerprint density at radius 1 is 1.26 bits per heavy atom. The average Bonchev–Trinajstić information content (AvgIpc) is 3.32. The Bertz CT molecular complexity index is 1200. The van der Waals surface area contributed by atoms with Gasteiger partial charge in [0.15, 0.2) is 11.6 Å². The second-order valence-electron chi connectivity index (χ2n) is 8.24. The Kier molecular flexibility index (Phi) is 4.42. The molecule has 2 aliphatic rings. The lowest BCUT2D eigenvalue weighted by Gasteiger charge is -2.30. The van der Waals surface area contributed by atoms with Gasteiger partial charge in [-0.05, 0) is 43.5 Å². The van der Waals surface area contributed by atoms with Gasteiger partial charge in [-0.3, -0.25) is 9.48 Å². The number of fused-ring (bicyclic) bond motifs is 8. The predicted octanol–water partition coefficient (Wildman–Crippen LogP) is 2.83. The number of hydrogen-bond donors (Lipinski definition) is 1. The smallest absolute Gasteiger partial charge is 0.254 e. The van der Waals surface area contributed by atoms with Crippen LogP contribution in [0.2, 0.25) is 0 Å². The third-order valence-corrected chi connectivity index (χ3v) is 6.31. The molecule has 3 aromatic rings. The Hall–Kier alpha value is -3.49. The summed E-state index contributed by atoms with van der Waals surface area (Å²) in [6.45, 7) is 2.96. The molecule has 31 heavy (non-hydrogen) atoms. The lowest BCUT2D eigenvalue weighted by atomic mass is 9.96.